The highest BCUT2D eigenvalue weighted by atomic mass is 32.1. The highest BCUT2D eigenvalue weighted by Gasteiger charge is 2.16. The highest BCUT2D eigenvalue weighted by Crippen LogP contribution is 2.29. The van der Waals surface area contributed by atoms with Gasteiger partial charge in [0.15, 0.2) is 0 Å². The van der Waals surface area contributed by atoms with E-state index in [0.29, 0.717) is 0 Å². The van der Waals surface area contributed by atoms with Gasteiger partial charge in [0, 0.05) is 29.1 Å². The van der Waals surface area contributed by atoms with Crippen LogP contribution in [0.2, 0.25) is 0 Å². The van der Waals surface area contributed by atoms with Crippen molar-refractivity contribution in [3.8, 4) is 5.75 Å². The average molecular weight is 276 g/mol. The molecule has 4 heteroatoms. The lowest BCUT2D eigenvalue weighted by Crippen LogP contribution is -2.19. The van der Waals surface area contributed by atoms with E-state index >= 15 is 0 Å². The van der Waals surface area contributed by atoms with Gasteiger partial charge in [-0.15, -0.1) is 11.3 Å². The van der Waals surface area contributed by atoms with E-state index in [1.165, 1.54) is 11.1 Å². The molecule has 0 amide bonds. The van der Waals surface area contributed by atoms with Crippen LogP contribution in [0.1, 0.15) is 27.9 Å². The molecule has 1 aromatic carbocycles. The van der Waals surface area contributed by atoms with Crippen molar-refractivity contribution in [2.75, 3.05) is 14.2 Å². The van der Waals surface area contributed by atoms with Gasteiger partial charge in [-0.2, -0.15) is 0 Å². The molecule has 0 aliphatic rings. The first-order chi connectivity index (χ1) is 9.13. The van der Waals surface area contributed by atoms with Gasteiger partial charge in [-0.1, -0.05) is 12.1 Å². The standard InChI is InChI=1S/C15H20N2OS/c1-10-5-6-12(14(7-10)18-4)13(16-3)8-15-17-11(2)9-19-15/h5-7,9,13,16H,8H2,1-4H3. The second kappa shape index (κ2) is 6.17. The van der Waals surface area contributed by atoms with Gasteiger partial charge in [-0.25, -0.2) is 4.98 Å². The zero-order valence-corrected chi connectivity index (χ0v) is 12.7. The number of methoxy groups -OCH3 is 1. The molecular weight excluding hydrogens is 256 g/mol. The first-order valence-corrected chi connectivity index (χ1v) is 7.24. The van der Waals surface area contributed by atoms with Crippen LogP contribution in [0.3, 0.4) is 0 Å². The van der Waals surface area contributed by atoms with Gasteiger partial charge in [0.05, 0.1) is 12.1 Å². The van der Waals surface area contributed by atoms with Crippen LogP contribution < -0.4 is 10.1 Å². The Morgan fingerprint density at radius 1 is 1.37 bits per heavy atom. The maximum atomic E-state index is 5.49. The van der Waals surface area contributed by atoms with Crippen molar-refractivity contribution in [2.24, 2.45) is 0 Å². The lowest BCUT2D eigenvalue weighted by molar-refractivity contribution is 0.401. The third kappa shape index (κ3) is 3.33. The number of aromatic nitrogens is 1. The Morgan fingerprint density at radius 3 is 2.74 bits per heavy atom. The van der Waals surface area contributed by atoms with E-state index in [0.717, 1.165) is 22.9 Å². The summed E-state index contributed by atoms with van der Waals surface area (Å²) in [6.45, 7) is 4.10. The predicted octanol–water partition coefficient (Wildman–Crippen LogP) is 3.27. The van der Waals surface area contributed by atoms with Crippen LogP contribution in [0.25, 0.3) is 0 Å². The monoisotopic (exact) mass is 276 g/mol. The number of hydrogen-bond acceptors (Lipinski definition) is 4. The first-order valence-electron chi connectivity index (χ1n) is 6.37. The lowest BCUT2D eigenvalue weighted by atomic mass is 10.0. The molecule has 0 bridgehead atoms. The highest BCUT2D eigenvalue weighted by molar-refractivity contribution is 7.09. The average Bonchev–Trinajstić information content (AvgIpc) is 2.81. The Bertz CT molecular complexity index is 551. The van der Waals surface area contributed by atoms with Crippen molar-refractivity contribution in [1.29, 1.82) is 0 Å². The molecule has 0 saturated carbocycles. The van der Waals surface area contributed by atoms with Crippen molar-refractivity contribution >= 4 is 11.3 Å². The smallest absolute Gasteiger partial charge is 0.123 e. The van der Waals surface area contributed by atoms with Crippen LogP contribution in [0.15, 0.2) is 23.6 Å². The molecule has 0 aliphatic carbocycles. The zero-order valence-electron chi connectivity index (χ0n) is 11.9. The summed E-state index contributed by atoms with van der Waals surface area (Å²) in [4.78, 5) is 4.53. The molecule has 0 aliphatic heterocycles. The third-order valence-corrected chi connectivity index (χ3v) is 4.15. The third-order valence-electron chi connectivity index (χ3n) is 3.16. The molecule has 0 saturated heterocycles. The zero-order chi connectivity index (χ0) is 13.8. The van der Waals surface area contributed by atoms with Gasteiger partial charge in [0.2, 0.25) is 0 Å². The van der Waals surface area contributed by atoms with Crippen molar-refractivity contribution < 1.29 is 4.74 Å². The molecule has 2 aromatic rings. The number of hydrogen-bond donors (Lipinski definition) is 1. The molecule has 1 aromatic heterocycles. The van der Waals surface area contributed by atoms with Crippen molar-refractivity contribution in [3.05, 3.63) is 45.4 Å². The minimum atomic E-state index is 0.223. The number of thiazole rings is 1. The fourth-order valence-corrected chi connectivity index (χ4v) is 2.96. The van der Waals surface area contributed by atoms with Gasteiger partial charge in [0.1, 0.15) is 5.75 Å². The van der Waals surface area contributed by atoms with Gasteiger partial charge >= 0.3 is 0 Å². The number of nitrogens with zero attached hydrogens (tertiary/aromatic N) is 1. The first kappa shape index (κ1) is 14.0. The van der Waals surface area contributed by atoms with E-state index in [-0.39, 0.29) is 6.04 Å². The number of rotatable bonds is 5. The quantitative estimate of drug-likeness (QED) is 0.910. The summed E-state index contributed by atoms with van der Waals surface area (Å²) in [5.74, 6) is 0.938. The number of benzene rings is 1. The molecule has 0 radical (unpaired) electrons. The summed E-state index contributed by atoms with van der Waals surface area (Å²) in [6.07, 6.45) is 0.883. The molecule has 0 fully saturated rings. The summed E-state index contributed by atoms with van der Waals surface area (Å²) in [6, 6.07) is 6.55. The van der Waals surface area contributed by atoms with Crippen LogP contribution in [0.4, 0.5) is 0 Å². The Labute approximate surface area is 118 Å². The van der Waals surface area contributed by atoms with Gasteiger partial charge < -0.3 is 10.1 Å². The van der Waals surface area contributed by atoms with Crippen molar-refractivity contribution in [1.82, 2.24) is 10.3 Å². The van der Waals surface area contributed by atoms with Gasteiger partial charge in [0.25, 0.3) is 0 Å². The molecule has 1 heterocycles. The summed E-state index contributed by atoms with van der Waals surface area (Å²) in [7, 11) is 3.70. The second-order valence-electron chi connectivity index (χ2n) is 4.67. The van der Waals surface area contributed by atoms with Crippen molar-refractivity contribution in [2.45, 2.75) is 26.3 Å². The van der Waals surface area contributed by atoms with Crippen LogP contribution in [-0.2, 0) is 6.42 Å². The van der Waals surface area contributed by atoms with E-state index in [9.17, 15) is 0 Å². The van der Waals surface area contributed by atoms with Crippen molar-refractivity contribution in [3.63, 3.8) is 0 Å². The van der Waals surface area contributed by atoms with E-state index in [4.69, 9.17) is 4.74 Å². The van der Waals surface area contributed by atoms with Gasteiger partial charge in [-0.3, -0.25) is 0 Å². The summed E-state index contributed by atoms with van der Waals surface area (Å²) < 4.78 is 5.49. The molecule has 1 atom stereocenters. The Hall–Kier alpha value is -1.39. The molecule has 1 N–H and O–H groups in total. The van der Waals surface area contributed by atoms with E-state index in [1.807, 2.05) is 14.0 Å². The van der Waals surface area contributed by atoms with Gasteiger partial charge in [-0.05, 0) is 32.5 Å². The van der Waals surface area contributed by atoms with E-state index in [2.05, 4.69) is 40.8 Å². The SMILES string of the molecule is CNC(Cc1nc(C)cs1)c1ccc(C)cc1OC. The van der Waals surface area contributed by atoms with Crippen LogP contribution >= 0.6 is 11.3 Å². The number of likely N-dealkylation sites (N-methyl/N-ethyl adjacent to an activating group) is 1. The molecule has 3 nitrogen and oxygen atoms in total. The predicted molar refractivity (Wildman–Crippen MR) is 80.1 cm³/mol. The van der Waals surface area contributed by atoms with E-state index in [1.54, 1.807) is 18.4 Å². The normalized spacial score (nSPS) is 12.4. The minimum Gasteiger partial charge on any atom is -0.496 e. The minimum absolute atomic E-state index is 0.223. The largest absolute Gasteiger partial charge is 0.496 e. The summed E-state index contributed by atoms with van der Waals surface area (Å²) >= 11 is 1.71. The Morgan fingerprint density at radius 2 is 2.16 bits per heavy atom. The molecule has 0 spiro atoms. The van der Waals surface area contributed by atoms with E-state index < -0.39 is 0 Å². The van der Waals surface area contributed by atoms with Crippen LogP contribution in [0.5, 0.6) is 5.75 Å². The molecule has 102 valence electrons. The van der Waals surface area contributed by atoms with Crippen LogP contribution in [-0.4, -0.2) is 19.1 Å². The lowest BCUT2D eigenvalue weighted by Gasteiger charge is -2.19. The maximum Gasteiger partial charge on any atom is 0.123 e. The fourth-order valence-electron chi connectivity index (χ4n) is 2.14. The Kier molecular flexibility index (Phi) is 4.56. The summed E-state index contributed by atoms with van der Waals surface area (Å²) in [5, 5.41) is 6.60. The molecular formula is C15H20N2OS. The second-order valence-corrected chi connectivity index (χ2v) is 5.62. The number of ether oxygens (including phenoxy) is 1. The molecule has 1 unspecified atom stereocenters. The molecule has 19 heavy (non-hydrogen) atoms. The number of aryl methyl sites for hydroxylation is 2. The summed E-state index contributed by atoms with van der Waals surface area (Å²) in [5.41, 5.74) is 3.48. The van der Waals surface area contributed by atoms with Crippen LogP contribution in [0, 0.1) is 13.8 Å². The Balaban J connectivity index is 2.26. The maximum absolute atomic E-state index is 5.49. The molecule has 2 rings (SSSR count). The number of nitrogens with one attached hydrogen (secondary N) is 1. The topological polar surface area (TPSA) is 34.2 Å². The fraction of sp³-hybridized carbons (Fsp3) is 0.400.